The first-order chi connectivity index (χ1) is 15.0. The quantitative estimate of drug-likeness (QED) is 0.616. The molecule has 0 saturated carbocycles. The fraction of sp³-hybridized carbons (Fsp3) is 0.409. The lowest BCUT2D eigenvalue weighted by Gasteiger charge is -2.28. The topological polar surface area (TPSA) is 72.4 Å². The van der Waals surface area contributed by atoms with Crippen LogP contribution in [0.2, 0.25) is 0 Å². The summed E-state index contributed by atoms with van der Waals surface area (Å²) in [5.41, 5.74) is 3.11. The predicted molar refractivity (Wildman–Crippen MR) is 115 cm³/mol. The Balaban J connectivity index is 1.59. The van der Waals surface area contributed by atoms with Crippen LogP contribution in [0, 0.1) is 6.92 Å². The Labute approximate surface area is 179 Å². The van der Waals surface area contributed by atoms with Crippen molar-refractivity contribution in [3.8, 4) is 0 Å². The normalized spacial score (nSPS) is 14.8. The lowest BCUT2D eigenvalue weighted by molar-refractivity contribution is -0.0698. The fourth-order valence-corrected chi connectivity index (χ4v) is 3.63. The van der Waals surface area contributed by atoms with Crippen LogP contribution in [-0.2, 0) is 21.9 Å². The smallest absolute Gasteiger partial charge is 0.296 e. The number of anilines is 2. The molecule has 3 aromatic rings. The Morgan fingerprint density at radius 3 is 2.77 bits per heavy atom. The number of nitrogens with one attached hydrogen (secondary N) is 1. The van der Waals surface area contributed by atoms with Crippen molar-refractivity contribution in [3.63, 3.8) is 0 Å². The minimum Gasteiger partial charge on any atom is -0.378 e. The monoisotopic (exact) mass is 429 g/mol. The first-order valence-electron chi connectivity index (χ1n) is 10.1. The highest BCUT2D eigenvalue weighted by atomic mass is 19.3. The van der Waals surface area contributed by atoms with Crippen LogP contribution in [0.15, 0.2) is 36.5 Å². The number of nitrogens with zero attached hydrogens (tertiary/aromatic N) is 4. The van der Waals surface area contributed by atoms with E-state index in [0.717, 1.165) is 35.4 Å². The molecule has 0 atom stereocenters. The summed E-state index contributed by atoms with van der Waals surface area (Å²) in [7, 11) is 1.26. The van der Waals surface area contributed by atoms with Gasteiger partial charge in [0.05, 0.1) is 36.3 Å². The average molecular weight is 429 g/mol. The van der Waals surface area contributed by atoms with Crippen molar-refractivity contribution in [2.24, 2.45) is 0 Å². The molecule has 0 amide bonds. The molecule has 1 fully saturated rings. The number of aryl methyl sites for hydroxylation is 1. The van der Waals surface area contributed by atoms with Gasteiger partial charge in [0.25, 0.3) is 5.92 Å². The van der Waals surface area contributed by atoms with E-state index in [1.165, 1.54) is 19.2 Å². The van der Waals surface area contributed by atoms with Crippen LogP contribution in [-0.4, -0.2) is 55.2 Å². The first-order valence-corrected chi connectivity index (χ1v) is 10.1. The van der Waals surface area contributed by atoms with Gasteiger partial charge in [0.15, 0.2) is 5.82 Å². The van der Waals surface area contributed by atoms with Crippen LogP contribution in [0.4, 0.5) is 20.3 Å². The Hall–Kier alpha value is -2.91. The van der Waals surface area contributed by atoms with Crippen molar-refractivity contribution >= 4 is 22.4 Å². The van der Waals surface area contributed by atoms with Gasteiger partial charge in [0.1, 0.15) is 6.61 Å². The molecule has 31 heavy (non-hydrogen) atoms. The molecule has 0 unspecified atom stereocenters. The van der Waals surface area contributed by atoms with E-state index in [9.17, 15) is 8.78 Å². The molecule has 1 aromatic carbocycles. The minimum atomic E-state index is -3.04. The van der Waals surface area contributed by atoms with Gasteiger partial charge < -0.3 is 19.7 Å². The van der Waals surface area contributed by atoms with Crippen molar-refractivity contribution in [1.82, 2.24) is 15.2 Å². The molecule has 1 N–H and O–H groups in total. The van der Waals surface area contributed by atoms with Gasteiger partial charge in [-0.1, -0.05) is 18.2 Å². The summed E-state index contributed by atoms with van der Waals surface area (Å²) in [5, 5.41) is 12.6. The molecule has 1 saturated heterocycles. The number of benzene rings is 1. The molecule has 0 aliphatic carbocycles. The molecule has 0 bridgehead atoms. The second-order valence-electron chi connectivity index (χ2n) is 7.51. The largest absolute Gasteiger partial charge is 0.378 e. The van der Waals surface area contributed by atoms with Crippen LogP contribution in [0.1, 0.15) is 16.8 Å². The number of aromatic nitrogens is 3. The van der Waals surface area contributed by atoms with Crippen LogP contribution in [0.3, 0.4) is 0 Å². The molecular weight excluding hydrogens is 404 g/mol. The summed E-state index contributed by atoms with van der Waals surface area (Å²) in [5.74, 6) is -2.48. The van der Waals surface area contributed by atoms with Crippen molar-refractivity contribution in [1.29, 1.82) is 0 Å². The first kappa shape index (κ1) is 21.3. The second kappa shape index (κ2) is 9.07. The number of alkyl halides is 2. The van der Waals surface area contributed by atoms with Crippen LogP contribution in [0.5, 0.6) is 0 Å². The molecule has 2 aromatic heterocycles. The van der Waals surface area contributed by atoms with Gasteiger partial charge in [-0.15, -0.1) is 5.10 Å². The van der Waals surface area contributed by atoms with Crippen LogP contribution < -0.4 is 10.2 Å². The maximum Gasteiger partial charge on any atom is 0.296 e. The molecule has 0 spiro atoms. The summed E-state index contributed by atoms with van der Waals surface area (Å²) >= 11 is 0. The molecule has 0 radical (unpaired) electrons. The van der Waals surface area contributed by atoms with E-state index in [4.69, 9.17) is 4.74 Å². The van der Waals surface area contributed by atoms with E-state index in [1.807, 2.05) is 19.2 Å². The number of morpholine rings is 1. The Morgan fingerprint density at radius 1 is 1.19 bits per heavy atom. The number of ether oxygens (including phenoxy) is 2. The highest BCUT2D eigenvalue weighted by Gasteiger charge is 2.31. The van der Waals surface area contributed by atoms with Gasteiger partial charge in [-0.2, -0.15) is 13.9 Å². The van der Waals surface area contributed by atoms with Gasteiger partial charge in [-0.05, 0) is 24.6 Å². The summed E-state index contributed by atoms with van der Waals surface area (Å²) in [6.45, 7) is 4.49. The molecule has 164 valence electrons. The second-order valence-corrected chi connectivity index (χ2v) is 7.51. The van der Waals surface area contributed by atoms with E-state index in [2.05, 4.69) is 30.1 Å². The van der Waals surface area contributed by atoms with Gasteiger partial charge >= 0.3 is 0 Å². The Bertz CT molecular complexity index is 1060. The number of hydrogen-bond donors (Lipinski definition) is 1. The van der Waals surface area contributed by atoms with Gasteiger partial charge in [-0.25, -0.2) is 0 Å². The SMILES string of the molecule is COCC(F)(F)c1cccc(CNc2nnc(C)c3ncc(N4CCOCC4)cc23)c1. The summed E-state index contributed by atoms with van der Waals surface area (Å²) < 4.78 is 38.4. The van der Waals surface area contributed by atoms with E-state index >= 15 is 0 Å². The maximum atomic E-state index is 14.2. The lowest BCUT2D eigenvalue weighted by Crippen LogP contribution is -2.36. The van der Waals surface area contributed by atoms with Gasteiger partial charge in [-0.3, -0.25) is 4.98 Å². The number of pyridine rings is 1. The number of halogens is 2. The Kier molecular flexibility index (Phi) is 6.24. The fourth-order valence-electron chi connectivity index (χ4n) is 3.63. The van der Waals surface area contributed by atoms with Gasteiger partial charge in [0, 0.05) is 37.7 Å². The number of methoxy groups -OCH3 is 1. The van der Waals surface area contributed by atoms with Crippen molar-refractivity contribution in [2.45, 2.75) is 19.4 Å². The predicted octanol–water partition coefficient (Wildman–Crippen LogP) is 3.52. The third-order valence-electron chi connectivity index (χ3n) is 5.28. The standard InChI is InChI=1S/C22H25F2N5O2/c1-15-20-19(11-18(13-25-20)29-6-8-31-9-7-29)21(28-27-15)26-12-16-4-3-5-17(10-16)22(23,24)14-30-2/h3-5,10-11,13H,6-9,12,14H2,1-2H3,(H,26,28). The van der Waals surface area contributed by atoms with Crippen molar-refractivity contribution in [2.75, 3.05) is 50.2 Å². The molecule has 1 aliphatic rings. The van der Waals surface area contributed by atoms with E-state index in [-0.39, 0.29) is 5.56 Å². The molecule has 1 aliphatic heterocycles. The van der Waals surface area contributed by atoms with Crippen LogP contribution in [0.25, 0.3) is 10.9 Å². The summed E-state index contributed by atoms with van der Waals surface area (Å²) in [6.07, 6.45) is 1.84. The zero-order valence-electron chi connectivity index (χ0n) is 17.6. The number of rotatable bonds is 7. The minimum absolute atomic E-state index is 0.0789. The summed E-state index contributed by atoms with van der Waals surface area (Å²) in [6, 6.07) is 8.34. The Morgan fingerprint density at radius 2 is 2.00 bits per heavy atom. The van der Waals surface area contributed by atoms with E-state index in [0.29, 0.717) is 31.1 Å². The zero-order valence-corrected chi connectivity index (χ0v) is 17.6. The van der Waals surface area contributed by atoms with Crippen molar-refractivity contribution in [3.05, 3.63) is 53.3 Å². The molecular formula is C22H25F2N5O2. The van der Waals surface area contributed by atoms with Gasteiger partial charge in [0.2, 0.25) is 0 Å². The third-order valence-corrected chi connectivity index (χ3v) is 5.28. The molecule has 9 heteroatoms. The highest BCUT2D eigenvalue weighted by Crippen LogP contribution is 2.30. The third kappa shape index (κ3) is 4.72. The zero-order chi connectivity index (χ0) is 21.8. The highest BCUT2D eigenvalue weighted by molar-refractivity contribution is 5.92. The molecule has 4 rings (SSSR count). The maximum absolute atomic E-state index is 14.2. The van der Waals surface area contributed by atoms with E-state index in [1.54, 1.807) is 12.1 Å². The molecule has 7 nitrogen and oxygen atoms in total. The number of hydrogen-bond acceptors (Lipinski definition) is 7. The van der Waals surface area contributed by atoms with Crippen LogP contribution >= 0.6 is 0 Å². The van der Waals surface area contributed by atoms with Crippen molar-refractivity contribution < 1.29 is 18.3 Å². The van der Waals surface area contributed by atoms with E-state index < -0.39 is 12.5 Å². The number of fused-ring (bicyclic) bond motifs is 1. The lowest BCUT2D eigenvalue weighted by atomic mass is 10.1. The summed E-state index contributed by atoms with van der Waals surface area (Å²) in [4.78, 5) is 6.82. The molecule has 3 heterocycles. The average Bonchev–Trinajstić information content (AvgIpc) is 2.79.